The molecule has 110 valence electrons. The van der Waals surface area contributed by atoms with E-state index in [0.717, 1.165) is 34.5 Å². The van der Waals surface area contributed by atoms with Crippen LogP contribution in [-0.2, 0) is 11.3 Å². The molecule has 21 heavy (non-hydrogen) atoms. The lowest BCUT2D eigenvalue weighted by molar-refractivity contribution is -0.121. The number of anilines is 2. The Labute approximate surface area is 126 Å². The van der Waals surface area contributed by atoms with E-state index < -0.39 is 0 Å². The standard InChI is InChI=1S/C14H16N4O2S/c1-2-7-15-14-17-16-12(21-14)8-18-10-5-3-4-6-11(10)20-9-13(18)19/h3-6H,2,7-9H2,1H3,(H,15,17). The van der Waals surface area contributed by atoms with Crippen molar-refractivity contribution in [2.24, 2.45) is 0 Å². The van der Waals surface area contributed by atoms with Crippen LogP contribution >= 0.6 is 11.3 Å². The normalized spacial score (nSPS) is 13.8. The molecule has 1 N–H and O–H groups in total. The number of amides is 1. The first kappa shape index (κ1) is 13.8. The number of carbonyl (C=O) groups is 1. The number of hydrogen-bond acceptors (Lipinski definition) is 6. The largest absolute Gasteiger partial charge is 0.482 e. The van der Waals surface area contributed by atoms with E-state index in [-0.39, 0.29) is 12.5 Å². The lowest BCUT2D eigenvalue weighted by Crippen LogP contribution is -2.38. The summed E-state index contributed by atoms with van der Waals surface area (Å²) in [5.74, 6) is 0.665. The summed E-state index contributed by atoms with van der Waals surface area (Å²) in [5.41, 5.74) is 0.784. The number of benzene rings is 1. The Kier molecular flexibility index (Phi) is 4.01. The monoisotopic (exact) mass is 304 g/mol. The van der Waals surface area contributed by atoms with Crippen molar-refractivity contribution in [3.63, 3.8) is 0 Å². The van der Waals surface area contributed by atoms with E-state index in [0.29, 0.717) is 6.54 Å². The van der Waals surface area contributed by atoms with Gasteiger partial charge in [-0.15, -0.1) is 10.2 Å². The summed E-state index contributed by atoms with van der Waals surface area (Å²) in [7, 11) is 0. The van der Waals surface area contributed by atoms with Gasteiger partial charge in [-0.25, -0.2) is 0 Å². The molecular weight excluding hydrogens is 288 g/mol. The van der Waals surface area contributed by atoms with Crippen LogP contribution < -0.4 is 15.0 Å². The van der Waals surface area contributed by atoms with Crippen LogP contribution in [0.15, 0.2) is 24.3 Å². The van der Waals surface area contributed by atoms with Crippen molar-refractivity contribution in [3.05, 3.63) is 29.3 Å². The first-order valence-corrected chi connectivity index (χ1v) is 7.68. The van der Waals surface area contributed by atoms with E-state index in [1.165, 1.54) is 11.3 Å². The number of nitrogens with zero attached hydrogens (tertiary/aromatic N) is 3. The maximum absolute atomic E-state index is 12.1. The predicted octanol–water partition coefficient (Wildman–Crippen LogP) is 2.29. The molecule has 0 aliphatic carbocycles. The molecule has 0 unspecified atom stereocenters. The van der Waals surface area contributed by atoms with Gasteiger partial charge in [-0.05, 0) is 18.6 Å². The average Bonchev–Trinajstić information content (AvgIpc) is 2.96. The topological polar surface area (TPSA) is 67.4 Å². The van der Waals surface area contributed by atoms with Gasteiger partial charge in [0.15, 0.2) is 6.61 Å². The number of fused-ring (bicyclic) bond motifs is 1. The summed E-state index contributed by atoms with van der Waals surface area (Å²) in [4.78, 5) is 13.8. The fraction of sp³-hybridized carbons (Fsp3) is 0.357. The van der Waals surface area contributed by atoms with Crippen molar-refractivity contribution < 1.29 is 9.53 Å². The van der Waals surface area contributed by atoms with Gasteiger partial charge in [-0.1, -0.05) is 30.4 Å². The van der Waals surface area contributed by atoms with Gasteiger partial charge < -0.3 is 10.1 Å². The zero-order chi connectivity index (χ0) is 14.7. The fourth-order valence-electron chi connectivity index (χ4n) is 2.08. The molecule has 1 aliphatic rings. The molecule has 0 fully saturated rings. The lowest BCUT2D eigenvalue weighted by atomic mass is 10.2. The van der Waals surface area contributed by atoms with Crippen molar-refractivity contribution in [3.8, 4) is 5.75 Å². The Bertz CT molecular complexity index is 643. The van der Waals surface area contributed by atoms with Crippen molar-refractivity contribution in [2.75, 3.05) is 23.4 Å². The third kappa shape index (κ3) is 2.97. The van der Waals surface area contributed by atoms with E-state index in [1.807, 2.05) is 24.3 Å². The number of rotatable bonds is 5. The van der Waals surface area contributed by atoms with Gasteiger partial charge in [0.05, 0.1) is 12.2 Å². The van der Waals surface area contributed by atoms with Crippen molar-refractivity contribution >= 4 is 28.1 Å². The number of aromatic nitrogens is 2. The first-order valence-electron chi connectivity index (χ1n) is 6.86. The molecule has 1 aromatic heterocycles. The molecule has 0 radical (unpaired) electrons. The summed E-state index contributed by atoms with van der Waals surface area (Å²) in [6, 6.07) is 7.53. The van der Waals surface area contributed by atoms with Crippen LogP contribution in [0.5, 0.6) is 5.75 Å². The highest BCUT2D eigenvalue weighted by atomic mass is 32.1. The minimum absolute atomic E-state index is 0.0630. The maximum Gasteiger partial charge on any atom is 0.265 e. The minimum Gasteiger partial charge on any atom is -0.482 e. The van der Waals surface area contributed by atoms with Crippen LogP contribution in [0.4, 0.5) is 10.8 Å². The van der Waals surface area contributed by atoms with Gasteiger partial charge in [-0.3, -0.25) is 9.69 Å². The zero-order valence-electron chi connectivity index (χ0n) is 11.7. The van der Waals surface area contributed by atoms with Crippen LogP contribution in [0.2, 0.25) is 0 Å². The van der Waals surface area contributed by atoms with E-state index in [9.17, 15) is 4.79 Å². The number of ether oxygens (including phenoxy) is 1. The van der Waals surface area contributed by atoms with E-state index >= 15 is 0 Å². The quantitative estimate of drug-likeness (QED) is 0.918. The zero-order valence-corrected chi connectivity index (χ0v) is 12.5. The maximum atomic E-state index is 12.1. The second-order valence-electron chi connectivity index (χ2n) is 4.66. The molecule has 2 heterocycles. The van der Waals surface area contributed by atoms with Crippen LogP contribution in [-0.4, -0.2) is 29.3 Å². The predicted molar refractivity (Wildman–Crippen MR) is 81.8 cm³/mol. The minimum atomic E-state index is -0.0630. The summed E-state index contributed by atoms with van der Waals surface area (Å²) >= 11 is 1.48. The molecular formula is C14H16N4O2S. The molecule has 3 rings (SSSR count). The highest BCUT2D eigenvalue weighted by Gasteiger charge is 2.26. The average molecular weight is 304 g/mol. The van der Waals surface area contributed by atoms with Gasteiger partial charge in [0.25, 0.3) is 5.91 Å². The molecule has 0 bridgehead atoms. The highest BCUT2D eigenvalue weighted by Crippen LogP contribution is 2.33. The molecule has 1 aliphatic heterocycles. The molecule has 0 saturated carbocycles. The third-order valence-electron chi connectivity index (χ3n) is 3.09. The summed E-state index contributed by atoms with van der Waals surface area (Å²) in [5, 5.41) is 13.0. The Morgan fingerprint density at radius 3 is 3.10 bits per heavy atom. The number of nitrogens with one attached hydrogen (secondary N) is 1. The summed E-state index contributed by atoms with van der Waals surface area (Å²) in [6.45, 7) is 3.45. The molecule has 0 saturated heterocycles. The molecule has 6 nitrogen and oxygen atoms in total. The van der Waals surface area contributed by atoms with Gasteiger partial charge in [0.1, 0.15) is 10.8 Å². The Morgan fingerprint density at radius 2 is 2.24 bits per heavy atom. The molecule has 2 aromatic rings. The second-order valence-corrected chi connectivity index (χ2v) is 5.73. The van der Waals surface area contributed by atoms with Crippen LogP contribution in [0.1, 0.15) is 18.4 Å². The van der Waals surface area contributed by atoms with Gasteiger partial charge in [-0.2, -0.15) is 0 Å². The number of hydrogen-bond donors (Lipinski definition) is 1. The SMILES string of the molecule is CCCNc1nnc(CN2C(=O)COc3ccccc32)s1. The number of carbonyl (C=O) groups excluding carboxylic acids is 1. The second kappa shape index (κ2) is 6.09. The Hall–Kier alpha value is -2.15. The fourth-order valence-corrected chi connectivity index (χ4v) is 2.84. The number of para-hydroxylation sites is 2. The molecule has 0 atom stereocenters. The smallest absolute Gasteiger partial charge is 0.265 e. The van der Waals surface area contributed by atoms with E-state index in [4.69, 9.17) is 4.74 Å². The first-order chi connectivity index (χ1) is 10.3. The molecule has 7 heteroatoms. The Balaban J connectivity index is 1.78. The van der Waals surface area contributed by atoms with Crippen molar-refractivity contribution in [1.29, 1.82) is 0 Å². The van der Waals surface area contributed by atoms with Crippen molar-refractivity contribution in [1.82, 2.24) is 10.2 Å². The van der Waals surface area contributed by atoms with E-state index in [2.05, 4.69) is 22.4 Å². The highest BCUT2D eigenvalue weighted by molar-refractivity contribution is 7.15. The van der Waals surface area contributed by atoms with Gasteiger partial charge in [0.2, 0.25) is 5.13 Å². The van der Waals surface area contributed by atoms with E-state index in [1.54, 1.807) is 4.90 Å². The summed E-state index contributed by atoms with van der Waals surface area (Å²) < 4.78 is 5.43. The lowest BCUT2D eigenvalue weighted by Gasteiger charge is -2.28. The van der Waals surface area contributed by atoms with Crippen LogP contribution in [0.25, 0.3) is 0 Å². The van der Waals surface area contributed by atoms with Crippen molar-refractivity contribution in [2.45, 2.75) is 19.9 Å². The van der Waals surface area contributed by atoms with Gasteiger partial charge in [0, 0.05) is 6.54 Å². The Morgan fingerprint density at radius 1 is 1.38 bits per heavy atom. The summed E-state index contributed by atoms with van der Waals surface area (Å²) in [6.07, 6.45) is 1.03. The molecule has 1 aromatic carbocycles. The molecule has 0 spiro atoms. The molecule has 1 amide bonds. The third-order valence-corrected chi connectivity index (χ3v) is 3.96. The van der Waals surface area contributed by atoms with Crippen LogP contribution in [0.3, 0.4) is 0 Å². The van der Waals surface area contributed by atoms with Gasteiger partial charge >= 0.3 is 0 Å². The van der Waals surface area contributed by atoms with Crippen LogP contribution in [0, 0.1) is 0 Å².